The molecule has 1 atom stereocenters. The zero-order valence-corrected chi connectivity index (χ0v) is 14.5. The van der Waals surface area contributed by atoms with E-state index in [9.17, 15) is 8.42 Å². The van der Waals surface area contributed by atoms with Gasteiger partial charge in [-0.1, -0.05) is 37.0 Å². The monoisotopic (exact) mass is 354 g/mol. The van der Waals surface area contributed by atoms with Gasteiger partial charge in [-0.25, -0.2) is 13.1 Å². The molecule has 0 bridgehead atoms. The van der Waals surface area contributed by atoms with Crippen molar-refractivity contribution < 1.29 is 13.2 Å². The lowest BCUT2D eigenvalue weighted by Crippen LogP contribution is -2.41. The van der Waals surface area contributed by atoms with Crippen LogP contribution in [-0.4, -0.2) is 28.1 Å². The van der Waals surface area contributed by atoms with Crippen LogP contribution in [-0.2, 0) is 10.0 Å². The molecule has 0 aromatic heterocycles. The van der Waals surface area contributed by atoms with Crippen LogP contribution in [0.15, 0.2) is 17.0 Å². The van der Waals surface area contributed by atoms with Gasteiger partial charge >= 0.3 is 0 Å². The maximum absolute atomic E-state index is 12.4. The summed E-state index contributed by atoms with van der Waals surface area (Å²) in [6.45, 7) is 4.20. The van der Waals surface area contributed by atoms with Gasteiger partial charge in [-0.2, -0.15) is 0 Å². The fourth-order valence-corrected chi connectivity index (χ4v) is 4.03. The molecule has 0 heterocycles. The topological polar surface area (TPSA) is 81.4 Å². The summed E-state index contributed by atoms with van der Waals surface area (Å²) < 4.78 is 32.4. The summed E-state index contributed by atoms with van der Waals surface area (Å²) >= 11 is 12.0. The summed E-state index contributed by atoms with van der Waals surface area (Å²) in [6.07, 6.45) is 0.636. The van der Waals surface area contributed by atoms with Crippen LogP contribution in [0.5, 0.6) is 5.75 Å². The summed E-state index contributed by atoms with van der Waals surface area (Å²) in [7, 11) is -2.37. The van der Waals surface area contributed by atoms with Gasteiger partial charge in [-0.05, 0) is 18.4 Å². The van der Waals surface area contributed by atoms with Crippen LogP contribution < -0.4 is 15.2 Å². The summed E-state index contributed by atoms with van der Waals surface area (Å²) in [5.74, 6) is 0.634. The lowest BCUT2D eigenvalue weighted by Gasteiger charge is -2.19. The summed E-state index contributed by atoms with van der Waals surface area (Å²) in [5, 5.41) is 0.222. The van der Waals surface area contributed by atoms with Crippen molar-refractivity contribution >= 4 is 33.2 Å². The number of nitrogens with one attached hydrogen (secondary N) is 1. The number of hydrogen-bond donors (Lipinski definition) is 2. The number of halogens is 2. The van der Waals surface area contributed by atoms with Gasteiger partial charge in [0.05, 0.1) is 17.2 Å². The molecule has 120 valence electrons. The van der Waals surface area contributed by atoms with Crippen molar-refractivity contribution in [2.24, 2.45) is 11.7 Å². The zero-order valence-electron chi connectivity index (χ0n) is 12.2. The molecule has 1 aromatic carbocycles. The summed E-state index contributed by atoms with van der Waals surface area (Å²) in [5.41, 5.74) is 5.61. The van der Waals surface area contributed by atoms with E-state index in [1.165, 1.54) is 19.2 Å². The van der Waals surface area contributed by atoms with Gasteiger partial charge in [-0.3, -0.25) is 0 Å². The molecule has 0 aliphatic carbocycles. The Morgan fingerprint density at radius 3 is 2.38 bits per heavy atom. The van der Waals surface area contributed by atoms with E-state index in [0.717, 1.165) is 0 Å². The highest BCUT2D eigenvalue weighted by atomic mass is 35.5. The van der Waals surface area contributed by atoms with E-state index >= 15 is 0 Å². The quantitative estimate of drug-likeness (QED) is 0.788. The molecule has 0 radical (unpaired) electrons. The summed E-state index contributed by atoms with van der Waals surface area (Å²) in [6, 6.07) is 2.29. The smallest absolute Gasteiger partial charge is 0.242 e. The molecule has 0 spiro atoms. The fourth-order valence-electron chi connectivity index (χ4n) is 1.92. The molecular weight excluding hydrogens is 335 g/mol. The Bertz CT molecular complexity index is 591. The Morgan fingerprint density at radius 2 is 1.90 bits per heavy atom. The molecule has 0 aliphatic heterocycles. The SMILES string of the molecule is COc1cc(Cl)c(S(=O)(=O)N[C@@H](CN)CC(C)C)cc1Cl. The van der Waals surface area contributed by atoms with Gasteiger partial charge < -0.3 is 10.5 Å². The number of methoxy groups -OCH3 is 1. The lowest BCUT2D eigenvalue weighted by molar-refractivity contribution is 0.414. The van der Waals surface area contributed by atoms with Gasteiger partial charge in [0.15, 0.2) is 0 Å². The predicted molar refractivity (Wildman–Crippen MR) is 85.6 cm³/mol. The molecule has 3 N–H and O–H groups in total. The van der Waals surface area contributed by atoms with Gasteiger partial charge in [0.2, 0.25) is 10.0 Å². The maximum atomic E-state index is 12.4. The molecule has 0 unspecified atom stereocenters. The first-order valence-corrected chi connectivity index (χ1v) is 8.70. The van der Waals surface area contributed by atoms with E-state index in [1.807, 2.05) is 13.8 Å². The average Bonchev–Trinajstić information content (AvgIpc) is 2.39. The van der Waals surface area contributed by atoms with E-state index in [0.29, 0.717) is 18.1 Å². The van der Waals surface area contributed by atoms with E-state index < -0.39 is 10.0 Å². The minimum absolute atomic E-state index is 0.0454. The van der Waals surface area contributed by atoms with E-state index in [2.05, 4.69) is 4.72 Å². The molecule has 0 saturated heterocycles. The lowest BCUT2D eigenvalue weighted by atomic mass is 10.1. The van der Waals surface area contributed by atoms with Crippen LogP contribution in [0, 0.1) is 5.92 Å². The van der Waals surface area contributed by atoms with Gasteiger partial charge in [0.25, 0.3) is 0 Å². The number of benzene rings is 1. The summed E-state index contributed by atoms with van der Waals surface area (Å²) in [4.78, 5) is -0.0860. The standard InChI is InChI=1S/C13H20Cl2N2O3S/c1-8(2)4-9(7-16)17-21(18,19)13-6-10(14)12(20-3)5-11(13)15/h5-6,8-9,17H,4,7,16H2,1-3H3/t9-/m1/s1. The minimum Gasteiger partial charge on any atom is -0.495 e. The number of ether oxygens (including phenoxy) is 1. The Labute approximate surface area is 135 Å². The van der Waals surface area contributed by atoms with Crippen molar-refractivity contribution in [1.82, 2.24) is 4.72 Å². The second-order valence-electron chi connectivity index (χ2n) is 5.10. The number of rotatable bonds is 7. The second-order valence-corrected chi connectivity index (χ2v) is 7.60. The largest absolute Gasteiger partial charge is 0.495 e. The number of nitrogens with two attached hydrogens (primary N) is 1. The van der Waals surface area contributed by atoms with Crippen molar-refractivity contribution in [3.8, 4) is 5.75 Å². The second kappa shape index (κ2) is 7.65. The molecular formula is C13H20Cl2N2O3S. The van der Waals surface area contributed by atoms with Crippen molar-refractivity contribution in [2.75, 3.05) is 13.7 Å². The first-order valence-electron chi connectivity index (χ1n) is 6.46. The van der Waals surface area contributed by atoms with Crippen LogP contribution in [0.2, 0.25) is 10.0 Å². The van der Waals surface area contributed by atoms with Gasteiger partial charge in [0.1, 0.15) is 10.6 Å². The Balaban J connectivity index is 3.10. The highest BCUT2D eigenvalue weighted by molar-refractivity contribution is 7.89. The normalized spacial score (nSPS) is 13.5. The Hall–Kier alpha value is -0.530. The molecule has 0 saturated carbocycles. The Morgan fingerprint density at radius 1 is 1.29 bits per heavy atom. The van der Waals surface area contributed by atoms with Crippen LogP contribution >= 0.6 is 23.2 Å². The Kier molecular flexibility index (Phi) is 6.74. The fraction of sp³-hybridized carbons (Fsp3) is 0.538. The van der Waals surface area contributed by atoms with Crippen LogP contribution in [0.4, 0.5) is 0 Å². The first kappa shape index (κ1) is 18.5. The highest BCUT2D eigenvalue weighted by Gasteiger charge is 2.24. The zero-order chi connectivity index (χ0) is 16.2. The molecule has 8 heteroatoms. The van der Waals surface area contributed by atoms with E-state index in [1.54, 1.807) is 0 Å². The molecule has 0 fully saturated rings. The highest BCUT2D eigenvalue weighted by Crippen LogP contribution is 2.33. The third-order valence-corrected chi connectivity index (χ3v) is 5.14. The van der Waals surface area contributed by atoms with Crippen molar-refractivity contribution in [1.29, 1.82) is 0 Å². The minimum atomic E-state index is -3.80. The molecule has 21 heavy (non-hydrogen) atoms. The third kappa shape index (κ3) is 5.00. The number of hydrogen-bond acceptors (Lipinski definition) is 4. The van der Waals surface area contributed by atoms with E-state index in [-0.39, 0.29) is 27.5 Å². The van der Waals surface area contributed by atoms with Gasteiger partial charge in [0, 0.05) is 18.7 Å². The first-order chi connectivity index (χ1) is 9.71. The molecule has 5 nitrogen and oxygen atoms in total. The third-order valence-electron chi connectivity index (χ3n) is 2.86. The molecule has 0 amide bonds. The molecule has 1 aromatic rings. The van der Waals surface area contributed by atoms with Crippen molar-refractivity contribution in [2.45, 2.75) is 31.2 Å². The van der Waals surface area contributed by atoms with Crippen LogP contribution in [0.3, 0.4) is 0 Å². The van der Waals surface area contributed by atoms with Crippen molar-refractivity contribution in [3.05, 3.63) is 22.2 Å². The molecule has 1 rings (SSSR count). The molecule has 0 aliphatic rings. The van der Waals surface area contributed by atoms with Crippen LogP contribution in [0.1, 0.15) is 20.3 Å². The average molecular weight is 355 g/mol. The number of sulfonamides is 1. The van der Waals surface area contributed by atoms with Gasteiger partial charge in [-0.15, -0.1) is 0 Å². The van der Waals surface area contributed by atoms with Crippen molar-refractivity contribution in [3.63, 3.8) is 0 Å². The maximum Gasteiger partial charge on any atom is 0.242 e. The van der Waals surface area contributed by atoms with Crippen LogP contribution in [0.25, 0.3) is 0 Å². The van der Waals surface area contributed by atoms with E-state index in [4.69, 9.17) is 33.7 Å². The predicted octanol–water partition coefficient (Wildman–Crippen LogP) is 2.65.